The first-order chi connectivity index (χ1) is 9.77. The molecule has 20 heavy (non-hydrogen) atoms. The van der Waals surface area contributed by atoms with Crippen LogP contribution in [0, 0.1) is 0 Å². The SMILES string of the molecule is O=C(O)CCCCOc1ccccc1-c1ccccc1. The Kier molecular flexibility index (Phi) is 5.18. The van der Waals surface area contributed by atoms with Crippen LogP contribution in [-0.4, -0.2) is 17.7 Å². The topological polar surface area (TPSA) is 46.5 Å². The van der Waals surface area contributed by atoms with Crippen LogP contribution in [0.2, 0.25) is 0 Å². The van der Waals surface area contributed by atoms with E-state index in [1.54, 1.807) is 0 Å². The Bertz CT molecular complexity index is 549. The summed E-state index contributed by atoms with van der Waals surface area (Å²) >= 11 is 0. The van der Waals surface area contributed by atoms with E-state index in [4.69, 9.17) is 9.84 Å². The molecule has 0 spiro atoms. The lowest BCUT2D eigenvalue weighted by Gasteiger charge is -2.11. The van der Waals surface area contributed by atoms with Crippen LogP contribution in [0.5, 0.6) is 5.75 Å². The van der Waals surface area contributed by atoms with Crippen molar-refractivity contribution < 1.29 is 14.6 Å². The third kappa shape index (κ3) is 4.12. The van der Waals surface area contributed by atoms with Crippen molar-refractivity contribution in [3.05, 3.63) is 54.6 Å². The molecule has 0 saturated carbocycles. The first kappa shape index (κ1) is 14.1. The fourth-order valence-corrected chi connectivity index (χ4v) is 2.01. The zero-order valence-electron chi connectivity index (χ0n) is 11.3. The minimum atomic E-state index is -0.755. The predicted octanol–water partition coefficient (Wildman–Crippen LogP) is 3.99. The number of carbonyl (C=O) groups is 1. The van der Waals surface area contributed by atoms with Gasteiger partial charge in [0, 0.05) is 12.0 Å². The Labute approximate surface area is 118 Å². The lowest BCUT2D eigenvalue weighted by atomic mass is 10.1. The van der Waals surface area contributed by atoms with E-state index in [1.807, 2.05) is 54.6 Å². The van der Waals surface area contributed by atoms with Crippen LogP contribution in [0.1, 0.15) is 19.3 Å². The highest BCUT2D eigenvalue weighted by Gasteiger charge is 2.05. The van der Waals surface area contributed by atoms with Gasteiger partial charge in [0.15, 0.2) is 0 Å². The van der Waals surface area contributed by atoms with E-state index in [1.165, 1.54) is 0 Å². The van der Waals surface area contributed by atoms with Crippen LogP contribution in [0.25, 0.3) is 11.1 Å². The van der Waals surface area contributed by atoms with Gasteiger partial charge in [-0.05, 0) is 24.5 Å². The Hall–Kier alpha value is -2.29. The van der Waals surface area contributed by atoms with Crippen LogP contribution in [0.3, 0.4) is 0 Å². The number of carboxylic acid groups (broad SMARTS) is 1. The highest BCUT2D eigenvalue weighted by molar-refractivity contribution is 5.70. The summed E-state index contributed by atoms with van der Waals surface area (Å²) in [6.45, 7) is 0.539. The van der Waals surface area contributed by atoms with Gasteiger partial charge in [0.25, 0.3) is 0 Å². The highest BCUT2D eigenvalue weighted by Crippen LogP contribution is 2.29. The van der Waals surface area contributed by atoms with Crippen molar-refractivity contribution in [3.63, 3.8) is 0 Å². The maximum atomic E-state index is 10.4. The summed E-state index contributed by atoms with van der Waals surface area (Å²) < 4.78 is 5.78. The van der Waals surface area contributed by atoms with Crippen LogP contribution in [0.4, 0.5) is 0 Å². The van der Waals surface area contributed by atoms with E-state index in [9.17, 15) is 4.79 Å². The van der Waals surface area contributed by atoms with Gasteiger partial charge < -0.3 is 9.84 Å². The minimum absolute atomic E-state index is 0.198. The van der Waals surface area contributed by atoms with Crippen molar-refractivity contribution in [1.29, 1.82) is 0 Å². The fraction of sp³-hybridized carbons (Fsp3) is 0.235. The maximum Gasteiger partial charge on any atom is 0.303 e. The smallest absolute Gasteiger partial charge is 0.303 e. The van der Waals surface area contributed by atoms with E-state index >= 15 is 0 Å². The average molecular weight is 270 g/mol. The molecule has 104 valence electrons. The van der Waals surface area contributed by atoms with Gasteiger partial charge in [-0.15, -0.1) is 0 Å². The van der Waals surface area contributed by atoms with Gasteiger partial charge >= 0.3 is 5.97 Å². The monoisotopic (exact) mass is 270 g/mol. The molecule has 3 heteroatoms. The molecule has 0 aliphatic heterocycles. The van der Waals surface area contributed by atoms with Crippen molar-refractivity contribution in [2.75, 3.05) is 6.61 Å². The third-order valence-corrected chi connectivity index (χ3v) is 3.01. The van der Waals surface area contributed by atoms with E-state index < -0.39 is 5.97 Å². The summed E-state index contributed by atoms with van der Waals surface area (Å²) in [5.41, 5.74) is 2.18. The van der Waals surface area contributed by atoms with Crippen molar-refractivity contribution >= 4 is 5.97 Å². The highest BCUT2D eigenvalue weighted by atomic mass is 16.5. The fourth-order valence-electron chi connectivity index (χ4n) is 2.01. The summed E-state index contributed by atoms with van der Waals surface area (Å²) in [5, 5.41) is 8.58. The first-order valence-corrected chi connectivity index (χ1v) is 6.76. The summed E-state index contributed by atoms with van der Waals surface area (Å²) in [7, 11) is 0. The summed E-state index contributed by atoms with van der Waals surface area (Å²) in [4.78, 5) is 10.4. The molecule has 0 atom stereocenters. The van der Waals surface area contributed by atoms with Crippen LogP contribution >= 0.6 is 0 Å². The molecule has 0 saturated heterocycles. The molecule has 2 rings (SSSR count). The summed E-state index contributed by atoms with van der Waals surface area (Å²) in [5.74, 6) is 0.0868. The number of ether oxygens (including phenoxy) is 1. The van der Waals surface area contributed by atoms with E-state index in [0.717, 1.165) is 23.3 Å². The molecule has 3 nitrogen and oxygen atoms in total. The molecule has 1 N–H and O–H groups in total. The molecule has 0 bridgehead atoms. The van der Waals surface area contributed by atoms with Crippen LogP contribution in [0.15, 0.2) is 54.6 Å². The largest absolute Gasteiger partial charge is 0.493 e. The second-order valence-electron chi connectivity index (χ2n) is 4.56. The standard InChI is InChI=1S/C17H18O3/c18-17(19)12-6-7-13-20-16-11-5-4-10-15(16)14-8-2-1-3-9-14/h1-5,8-11H,6-7,12-13H2,(H,18,19). The molecule has 0 amide bonds. The van der Waals surface area contributed by atoms with E-state index in [2.05, 4.69) is 0 Å². The van der Waals surface area contributed by atoms with Gasteiger partial charge in [0.05, 0.1) is 6.61 Å². The first-order valence-electron chi connectivity index (χ1n) is 6.76. The molecule has 0 aromatic heterocycles. The Morgan fingerprint density at radius 2 is 1.65 bits per heavy atom. The van der Waals surface area contributed by atoms with Crippen molar-refractivity contribution in [2.24, 2.45) is 0 Å². The molecule has 2 aromatic carbocycles. The summed E-state index contributed by atoms with van der Waals surface area (Å²) in [6, 6.07) is 18.0. The van der Waals surface area contributed by atoms with Gasteiger partial charge in [-0.2, -0.15) is 0 Å². The summed E-state index contributed by atoms with van der Waals surface area (Å²) in [6.07, 6.45) is 1.59. The predicted molar refractivity (Wildman–Crippen MR) is 78.9 cm³/mol. The number of unbranched alkanes of at least 4 members (excludes halogenated alkanes) is 1. The maximum absolute atomic E-state index is 10.4. The lowest BCUT2D eigenvalue weighted by molar-refractivity contribution is -0.137. The van der Waals surface area contributed by atoms with Crippen LogP contribution in [-0.2, 0) is 4.79 Å². The van der Waals surface area contributed by atoms with Gasteiger partial charge in [0.2, 0.25) is 0 Å². The quantitative estimate of drug-likeness (QED) is 0.774. The third-order valence-electron chi connectivity index (χ3n) is 3.01. The molecule has 2 aromatic rings. The second kappa shape index (κ2) is 7.34. The van der Waals surface area contributed by atoms with Gasteiger partial charge in [-0.1, -0.05) is 48.5 Å². The van der Waals surface area contributed by atoms with Crippen molar-refractivity contribution in [1.82, 2.24) is 0 Å². The number of rotatable bonds is 7. The number of hydrogen-bond acceptors (Lipinski definition) is 2. The zero-order valence-corrected chi connectivity index (χ0v) is 11.3. The van der Waals surface area contributed by atoms with Gasteiger partial charge in [-0.25, -0.2) is 0 Å². The zero-order chi connectivity index (χ0) is 14.2. The normalized spacial score (nSPS) is 10.2. The van der Waals surface area contributed by atoms with Crippen LogP contribution < -0.4 is 4.74 Å². The van der Waals surface area contributed by atoms with Crippen molar-refractivity contribution in [3.8, 4) is 16.9 Å². The Balaban J connectivity index is 1.97. The number of hydrogen-bond donors (Lipinski definition) is 1. The minimum Gasteiger partial charge on any atom is -0.493 e. The number of para-hydroxylation sites is 1. The number of carboxylic acids is 1. The lowest BCUT2D eigenvalue weighted by Crippen LogP contribution is -2.01. The Morgan fingerprint density at radius 3 is 2.40 bits per heavy atom. The molecular formula is C17H18O3. The molecular weight excluding hydrogens is 252 g/mol. The number of aliphatic carboxylic acids is 1. The van der Waals surface area contributed by atoms with Gasteiger partial charge in [0.1, 0.15) is 5.75 Å². The molecule has 0 unspecified atom stereocenters. The van der Waals surface area contributed by atoms with Crippen molar-refractivity contribution in [2.45, 2.75) is 19.3 Å². The second-order valence-corrected chi connectivity index (χ2v) is 4.56. The average Bonchev–Trinajstić information content (AvgIpc) is 2.48. The Morgan fingerprint density at radius 1 is 0.950 bits per heavy atom. The molecule has 0 radical (unpaired) electrons. The molecule has 0 aliphatic rings. The molecule has 0 fully saturated rings. The molecule has 0 heterocycles. The molecule has 0 aliphatic carbocycles. The van der Waals surface area contributed by atoms with E-state index in [0.29, 0.717) is 13.0 Å². The number of benzene rings is 2. The van der Waals surface area contributed by atoms with Gasteiger partial charge in [-0.3, -0.25) is 4.79 Å². The van der Waals surface area contributed by atoms with E-state index in [-0.39, 0.29) is 6.42 Å².